The fourth-order valence-electron chi connectivity index (χ4n) is 2.21. The molecule has 0 spiro atoms. The number of nitrogens with zero attached hydrogens (tertiary/aromatic N) is 1. The molecule has 3 N–H and O–H groups in total. The zero-order valence-electron chi connectivity index (χ0n) is 10.7. The van der Waals surface area contributed by atoms with Crippen LogP contribution in [0.15, 0.2) is 11.1 Å². The minimum atomic E-state index is -1.09. The minimum absolute atomic E-state index is 0.238. The molecule has 2 saturated heterocycles. The van der Waals surface area contributed by atoms with Crippen molar-refractivity contribution in [2.45, 2.75) is 19.4 Å². The summed E-state index contributed by atoms with van der Waals surface area (Å²) in [5, 5.41) is 14.5. The molecule has 0 saturated carbocycles. The Morgan fingerprint density at radius 2 is 2.11 bits per heavy atom. The second-order valence-corrected chi connectivity index (χ2v) is 4.74. The van der Waals surface area contributed by atoms with Crippen LogP contribution in [-0.2, 0) is 14.4 Å². The maximum atomic E-state index is 12.3. The molecule has 2 heterocycles. The van der Waals surface area contributed by atoms with Crippen LogP contribution in [0.1, 0.15) is 13.3 Å². The van der Waals surface area contributed by atoms with E-state index in [0.717, 1.165) is 5.57 Å². The van der Waals surface area contributed by atoms with Crippen LogP contribution in [0.3, 0.4) is 0 Å². The summed E-state index contributed by atoms with van der Waals surface area (Å²) in [6.07, 6.45) is -0.363. The van der Waals surface area contributed by atoms with Crippen LogP contribution < -0.4 is 10.6 Å². The van der Waals surface area contributed by atoms with Gasteiger partial charge in [0.15, 0.2) is 0 Å². The van der Waals surface area contributed by atoms with Gasteiger partial charge in [0.25, 0.3) is 0 Å². The van der Waals surface area contributed by atoms with Gasteiger partial charge < -0.3 is 20.6 Å². The second-order valence-electron chi connectivity index (χ2n) is 4.74. The van der Waals surface area contributed by atoms with Gasteiger partial charge in [-0.1, -0.05) is 0 Å². The van der Waals surface area contributed by atoms with E-state index < -0.39 is 17.9 Å². The topological polar surface area (TPSA) is 98.7 Å². The van der Waals surface area contributed by atoms with E-state index >= 15 is 0 Å². The molecular formula is C12H17N3O4. The number of nitrogens with one attached hydrogen (secondary N) is 2. The van der Waals surface area contributed by atoms with E-state index in [-0.39, 0.29) is 12.3 Å². The molecule has 0 aromatic heterocycles. The number of hydrogen-bond donors (Lipinski definition) is 3. The lowest BCUT2D eigenvalue weighted by molar-refractivity contribution is -0.147. The Kier molecular flexibility index (Phi) is 3.84. The zero-order valence-corrected chi connectivity index (χ0v) is 10.7. The summed E-state index contributed by atoms with van der Waals surface area (Å²) < 4.78 is 0. The van der Waals surface area contributed by atoms with Gasteiger partial charge in [0.05, 0.1) is 6.42 Å². The molecule has 2 rings (SSSR count). The Labute approximate surface area is 110 Å². The highest BCUT2D eigenvalue weighted by Crippen LogP contribution is 2.17. The van der Waals surface area contributed by atoms with E-state index in [0.29, 0.717) is 31.8 Å². The number of carboxylic acids is 1. The van der Waals surface area contributed by atoms with Gasteiger partial charge in [-0.05, 0) is 12.5 Å². The first kappa shape index (κ1) is 13.5. The first-order chi connectivity index (χ1) is 9.00. The SMILES string of the molecule is CC(C(=O)N1CCNC(=O)C1CC(=O)O)=C1CNC1. The number of aliphatic carboxylic acids is 1. The standard InChI is InChI=1S/C12H17N3O4/c1-7(8-5-13-6-8)12(19)15-3-2-14-11(18)9(15)4-10(16)17/h9,13H,2-6H2,1H3,(H,14,18)(H,16,17). The van der Waals surface area contributed by atoms with Crippen LogP contribution in [0.2, 0.25) is 0 Å². The van der Waals surface area contributed by atoms with Gasteiger partial charge in [0.2, 0.25) is 11.8 Å². The van der Waals surface area contributed by atoms with Crippen molar-refractivity contribution >= 4 is 17.8 Å². The molecule has 2 fully saturated rings. The highest BCUT2D eigenvalue weighted by Gasteiger charge is 2.35. The number of piperazine rings is 1. The Hall–Kier alpha value is -1.89. The summed E-state index contributed by atoms with van der Waals surface area (Å²) in [6, 6.07) is -0.915. The summed E-state index contributed by atoms with van der Waals surface area (Å²) in [5.74, 6) is -1.72. The van der Waals surface area contributed by atoms with Crippen LogP contribution >= 0.6 is 0 Å². The molecular weight excluding hydrogens is 250 g/mol. The first-order valence-electron chi connectivity index (χ1n) is 6.20. The van der Waals surface area contributed by atoms with Crippen molar-refractivity contribution in [1.29, 1.82) is 0 Å². The molecule has 2 aliphatic heterocycles. The maximum Gasteiger partial charge on any atom is 0.305 e. The lowest BCUT2D eigenvalue weighted by atomic mass is 10.0. The van der Waals surface area contributed by atoms with Crippen molar-refractivity contribution in [1.82, 2.24) is 15.5 Å². The predicted octanol–water partition coefficient (Wildman–Crippen LogP) is -1.29. The molecule has 0 aromatic carbocycles. The number of carbonyl (C=O) groups is 3. The number of amides is 2. The van der Waals surface area contributed by atoms with Crippen LogP contribution in [-0.4, -0.2) is 60.0 Å². The third-order valence-electron chi connectivity index (χ3n) is 3.49. The van der Waals surface area contributed by atoms with Crippen LogP contribution in [0, 0.1) is 0 Å². The van der Waals surface area contributed by atoms with Crippen molar-refractivity contribution in [3.63, 3.8) is 0 Å². The molecule has 1 unspecified atom stereocenters. The average Bonchev–Trinajstić information content (AvgIpc) is 2.28. The normalized spacial score (nSPS) is 22.6. The summed E-state index contributed by atoms with van der Waals surface area (Å²) in [5.41, 5.74) is 1.63. The van der Waals surface area contributed by atoms with Crippen LogP contribution in [0.5, 0.6) is 0 Å². The Morgan fingerprint density at radius 3 is 2.63 bits per heavy atom. The largest absolute Gasteiger partial charge is 0.481 e. The van der Waals surface area contributed by atoms with Crippen molar-refractivity contribution < 1.29 is 19.5 Å². The molecule has 0 bridgehead atoms. The van der Waals surface area contributed by atoms with E-state index in [1.807, 2.05) is 0 Å². The van der Waals surface area contributed by atoms with E-state index in [1.165, 1.54) is 4.90 Å². The lowest BCUT2D eigenvalue weighted by Gasteiger charge is -2.35. The van der Waals surface area contributed by atoms with E-state index in [2.05, 4.69) is 10.6 Å². The highest BCUT2D eigenvalue weighted by atomic mass is 16.4. The van der Waals surface area contributed by atoms with Crippen molar-refractivity contribution in [2.75, 3.05) is 26.2 Å². The molecule has 104 valence electrons. The quantitative estimate of drug-likeness (QED) is 0.552. The van der Waals surface area contributed by atoms with Crippen molar-refractivity contribution in [3.05, 3.63) is 11.1 Å². The smallest absolute Gasteiger partial charge is 0.305 e. The molecule has 2 aliphatic rings. The molecule has 1 atom stereocenters. The van der Waals surface area contributed by atoms with Crippen LogP contribution in [0.25, 0.3) is 0 Å². The molecule has 7 heteroatoms. The van der Waals surface area contributed by atoms with Gasteiger partial charge in [-0.15, -0.1) is 0 Å². The fraction of sp³-hybridized carbons (Fsp3) is 0.583. The third-order valence-corrected chi connectivity index (χ3v) is 3.49. The highest BCUT2D eigenvalue weighted by molar-refractivity contribution is 5.99. The maximum absolute atomic E-state index is 12.3. The van der Waals surface area contributed by atoms with E-state index in [9.17, 15) is 14.4 Å². The molecule has 0 aliphatic carbocycles. The summed E-state index contributed by atoms with van der Waals surface area (Å²) in [7, 11) is 0. The van der Waals surface area contributed by atoms with Gasteiger partial charge in [-0.3, -0.25) is 14.4 Å². The first-order valence-corrected chi connectivity index (χ1v) is 6.20. The third kappa shape index (κ3) is 2.76. The lowest BCUT2D eigenvalue weighted by Crippen LogP contribution is -2.58. The minimum Gasteiger partial charge on any atom is -0.481 e. The number of rotatable bonds is 3. The van der Waals surface area contributed by atoms with Gasteiger partial charge >= 0.3 is 5.97 Å². The summed E-state index contributed by atoms with van der Waals surface area (Å²) >= 11 is 0. The molecule has 0 aromatic rings. The fourth-order valence-corrected chi connectivity index (χ4v) is 2.21. The van der Waals surface area contributed by atoms with Gasteiger partial charge in [-0.25, -0.2) is 0 Å². The van der Waals surface area contributed by atoms with Gasteiger partial charge in [-0.2, -0.15) is 0 Å². The van der Waals surface area contributed by atoms with Gasteiger partial charge in [0, 0.05) is 31.8 Å². The summed E-state index contributed by atoms with van der Waals surface area (Å²) in [6.45, 7) is 3.80. The molecule has 7 nitrogen and oxygen atoms in total. The van der Waals surface area contributed by atoms with Crippen molar-refractivity contribution in [2.24, 2.45) is 0 Å². The number of carbonyl (C=O) groups excluding carboxylic acids is 2. The number of carboxylic acid groups (broad SMARTS) is 1. The van der Waals surface area contributed by atoms with Crippen molar-refractivity contribution in [3.8, 4) is 0 Å². The average molecular weight is 267 g/mol. The second kappa shape index (κ2) is 5.40. The van der Waals surface area contributed by atoms with E-state index in [1.54, 1.807) is 6.92 Å². The predicted molar refractivity (Wildman–Crippen MR) is 66.3 cm³/mol. The molecule has 2 amide bonds. The van der Waals surface area contributed by atoms with Gasteiger partial charge in [0.1, 0.15) is 6.04 Å². The number of hydrogen-bond acceptors (Lipinski definition) is 4. The Bertz CT molecular complexity index is 452. The molecule has 19 heavy (non-hydrogen) atoms. The monoisotopic (exact) mass is 267 g/mol. The van der Waals surface area contributed by atoms with E-state index in [4.69, 9.17) is 5.11 Å². The Balaban J connectivity index is 2.17. The Morgan fingerprint density at radius 1 is 1.42 bits per heavy atom. The zero-order chi connectivity index (χ0) is 14.0. The molecule has 0 radical (unpaired) electrons. The summed E-state index contributed by atoms with van der Waals surface area (Å²) in [4.78, 5) is 36.2. The van der Waals surface area contributed by atoms with Crippen LogP contribution in [0.4, 0.5) is 0 Å².